The highest BCUT2D eigenvalue weighted by molar-refractivity contribution is 5.95. The normalized spacial score (nSPS) is 11.7. The molecule has 27 heavy (non-hydrogen) atoms. The van der Waals surface area contributed by atoms with E-state index in [0.29, 0.717) is 11.4 Å². The van der Waals surface area contributed by atoms with Crippen molar-refractivity contribution < 1.29 is 18.7 Å². The van der Waals surface area contributed by atoms with Crippen LogP contribution in [0.3, 0.4) is 0 Å². The number of rotatable bonds is 8. The summed E-state index contributed by atoms with van der Waals surface area (Å²) in [5.41, 5.74) is 7.11. The van der Waals surface area contributed by atoms with Crippen LogP contribution >= 0.6 is 0 Å². The van der Waals surface area contributed by atoms with Crippen LogP contribution in [-0.2, 0) is 16.2 Å². The van der Waals surface area contributed by atoms with E-state index in [1.165, 1.54) is 12.1 Å². The number of anilines is 1. The Balaban J connectivity index is 1.85. The Morgan fingerprint density at radius 3 is 2.59 bits per heavy atom. The molecule has 0 unspecified atom stereocenters. The van der Waals surface area contributed by atoms with Crippen molar-refractivity contribution >= 4 is 17.5 Å². The van der Waals surface area contributed by atoms with Crippen LogP contribution in [0.1, 0.15) is 19.4 Å². The molecule has 0 saturated heterocycles. The average molecular weight is 373 g/mol. The maximum Gasteiger partial charge on any atom is 0.243 e. The van der Waals surface area contributed by atoms with E-state index in [-0.39, 0.29) is 36.7 Å². The van der Waals surface area contributed by atoms with Crippen LogP contribution in [0.5, 0.6) is 5.75 Å². The topological polar surface area (TPSA) is 93.5 Å². The molecule has 2 amide bonds. The van der Waals surface area contributed by atoms with Gasteiger partial charge in [0.05, 0.1) is 12.6 Å². The lowest BCUT2D eigenvalue weighted by atomic mass is 10.1. The Labute approximate surface area is 157 Å². The zero-order valence-corrected chi connectivity index (χ0v) is 15.4. The van der Waals surface area contributed by atoms with E-state index in [2.05, 4.69) is 10.6 Å². The summed E-state index contributed by atoms with van der Waals surface area (Å²) < 4.78 is 18.7. The summed E-state index contributed by atoms with van der Waals surface area (Å²) in [5.74, 6) is -0.677. The smallest absolute Gasteiger partial charge is 0.243 e. The Kier molecular flexibility index (Phi) is 7.31. The van der Waals surface area contributed by atoms with Gasteiger partial charge in [-0.2, -0.15) is 0 Å². The first-order valence-electron chi connectivity index (χ1n) is 8.65. The molecule has 1 atom stereocenters. The van der Waals surface area contributed by atoms with Gasteiger partial charge in [-0.3, -0.25) is 9.59 Å². The number of ether oxygens (including phenoxy) is 1. The van der Waals surface area contributed by atoms with E-state index in [1.807, 2.05) is 19.9 Å². The first-order valence-corrected chi connectivity index (χ1v) is 8.65. The fourth-order valence-corrected chi connectivity index (χ4v) is 2.26. The van der Waals surface area contributed by atoms with E-state index >= 15 is 0 Å². The molecule has 2 aromatic rings. The number of nitrogens with one attached hydrogen (secondary N) is 2. The predicted molar refractivity (Wildman–Crippen MR) is 102 cm³/mol. The van der Waals surface area contributed by atoms with Crippen LogP contribution in [0.4, 0.5) is 10.1 Å². The van der Waals surface area contributed by atoms with Crippen LogP contribution in [-0.4, -0.2) is 24.4 Å². The summed E-state index contributed by atoms with van der Waals surface area (Å²) >= 11 is 0. The van der Waals surface area contributed by atoms with Gasteiger partial charge in [-0.25, -0.2) is 4.39 Å². The standard InChI is InChI=1S/C20H24FN3O3/c1-13(2)19(22)20(26)23-11-18(25)24-16-7-3-5-14(9-16)12-27-17-8-4-6-15(21)10-17/h3-10,13,19H,11-12,22H2,1-2H3,(H,23,26)(H,24,25)/t19-/m0/s1. The minimum absolute atomic E-state index is 0.0113. The van der Waals surface area contributed by atoms with Crippen molar-refractivity contribution in [1.82, 2.24) is 5.32 Å². The lowest BCUT2D eigenvalue weighted by molar-refractivity contribution is -0.125. The van der Waals surface area contributed by atoms with Crippen molar-refractivity contribution in [2.24, 2.45) is 11.7 Å². The van der Waals surface area contributed by atoms with Gasteiger partial charge in [0.1, 0.15) is 18.2 Å². The van der Waals surface area contributed by atoms with Gasteiger partial charge in [-0.1, -0.05) is 32.0 Å². The van der Waals surface area contributed by atoms with Gasteiger partial charge in [0.15, 0.2) is 0 Å². The zero-order chi connectivity index (χ0) is 19.8. The molecular formula is C20H24FN3O3. The predicted octanol–water partition coefficient (Wildman–Crippen LogP) is 2.44. The summed E-state index contributed by atoms with van der Waals surface area (Å²) in [6.07, 6.45) is 0. The van der Waals surface area contributed by atoms with Crippen molar-refractivity contribution in [3.05, 3.63) is 59.9 Å². The van der Waals surface area contributed by atoms with Gasteiger partial charge in [0.25, 0.3) is 0 Å². The molecule has 2 rings (SSSR count). The van der Waals surface area contributed by atoms with Gasteiger partial charge in [-0.05, 0) is 35.7 Å². The number of hydrogen-bond acceptors (Lipinski definition) is 4. The summed E-state index contributed by atoms with van der Waals surface area (Å²) in [6.45, 7) is 3.74. The van der Waals surface area contributed by atoms with Crippen molar-refractivity contribution in [2.45, 2.75) is 26.5 Å². The molecule has 144 valence electrons. The molecule has 0 aliphatic carbocycles. The molecule has 4 N–H and O–H groups in total. The van der Waals surface area contributed by atoms with E-state index < -0.39 is 6.04 Å². The fourth-order valence-electron chi connectivity index (χ4n) is 2.26. The third-order valence-electron chi connectivity index (χ3n) is 3.86. The third kappa shape index (κ3) is 6.71. The molecule has 7 heteroatoms. The second-order valence-corrected chi connectivity index (χ2v) is 6.48. The number of amides is 2. The van der Waals surface area contributed by atoms with Gasteiger partial charge in [0, 0.05) is 11.8 Å². The Bertz CT molecular complexity index is 796. The molecule has 0 spiro atoms. The van der Waals surface area contributed by atoms with Crippen molar-refractivity contribution in [1.29, 1.82) is 0 Å². The van der Waals surface area contributed by atoms with E-state index in [4.69, 9.17) is 10.5 Å². The van der Waals surface area contributed by atoms with E-state index in [1.54, 1.807) is 30.3 Å². The quantitative estimate of drug-likeness (QED) is 0.663. The average Bonchev–Trinajstić information content (AvgIpc) is 2.64. The number of hydrogen-bond donors (Lipinski definition) is 3. The fraction of sp³-hybridized carbons (Fsp3) is 0.300. The second-order valence-electron chi connectivity index (χ2n) is 6.48. The minimum Gasteiger partial charge on any atom is -0.489 e. The largest absolute Gasteiger partial charge is 0.489 e. The number of nitrogens with two attached hydrogens (primary N) is 1. The Morgan fingerprint density at radius 1 is 1.15 bits per heavy atom. The minimum atomic E-state index is -0.652. The summed E-state index contributed by atoms with van der Waals surface area (Å²) in [7, 11) is 0. The van der Waals surface area contributed by atoms with Gasteiger partial charge >= 0.3 is 0 Å². The molecule has 0 saturated carbocycles. The Hall–Kier alpha value is -2.93. The number of halogens is 1. The highest BCUT2D eigenvalue weighted by Gasteiger charge is 2.17. The highest BCUT2D eigenvalue weighted by Crippen LogP contribution is 2.16. The molecular weight excluding hydrogens is 349 g/mol. The van der Waals surface area contributed by atoms with Gasteiger partial charge in [0.2, 0.25) is 11.8 Å². The van der Waals surface area contributed by atoms with Gasteiger partial charge < -0.3 is 21.1 Å². The van der Waals surface area contributed by atoms with E-state index in [0.717, 1.165) is 5.56 Å². The lowest BCUT2D eigenvalue weighted by Crippen LogP contribution is -2.46. The highest BCUT2D eigenvalue weighted by atomic mass is 19.1. The molecule has 0 aliphatic rings. The molecule has 0 aromatic heterocycles. The molecule has 0 bridgehead atoms. The van der Waals surface area contributed by atoms with Crippen LogP contribution in [0, 0.1) is 11.7 Å². The molecule has 2 aromatic carbocycles. The summed E-state index contributed by atoms with van der Waals surface area (Å²) in [4.78, 5) is 23.8. The third-order valence-corrected chi connectivity index (χ3v) is 3.86. The SMILES string of the molecule is CC(C)[C@H](N)C(=O)NCC(=O)Nc1cccc(COc2cccc(F)c2)c1. The van der Waals surface area contributed by atoms with Crippen molar-refractivity contribution in [3.8, 4) is 5.75 Å². The molecule has 0 fully saturated rings. The van der Waals surface area contributed by atoms with Crippen LogP contribution in [0.15, 0.2) is 48.5 Å². The molecule has 0 aliphatic heterocycles. The summed E-state index contributed by atoms with van der Waals surface area (Å²) in [5, 5.41) is 5.22. The molecule has 0 radical (unpaired) electrons. The monoisotopic (exact) mass is 373 g/mol. The van der Waals surface area contributed by atoms with Crippen LogP contribution < -0.4 is 21.1 Å². The van der Waals surface area contributed by atoms with E-state index in [9.17, 15) is 14.0 Å². The first kappa shape index (κ1) is 20.4. The van der Waals surface area contributed by atoms with Crippen LogP contribution in [0.25, 0.3) is 0 Å². The van der Waals surface area contributed by atoms with Crippen LogP contribution in [0.2, 0.25) is 0 Å². The van der Waals surface area contributed by atoms with Gasteiger partial charge in [-0.15, -0.1) is 0 Å². The zero-order valence-electron chi connectivity index (χ0n) is 15.4. The molecule has 0 heterocycles. The second kappa shape index (κ2) is 9.68. The van der Waals surface area contributed by atoms with Crippen molar-refractivity contribution in [3.63, 3.8) is 0 Å². The van der Waals surface area contributed by atoms with Crippen molar-refractivity contribution in [2.75, 3.05) is 11.9 Å². The number of carbonyl (C=O) groups excluding carboxylic acids is 2. The molecule has 6 nitrogen and oxygen atoms in total. The summed E-state index contributed by atoms with van der Waals surface area (Å²) in [6, 6.07) is 12.3. The Morgan fingerprint density at radius 2 is 1.89 bits per heavy atom. The maximum atomic E-state index is 13.2. The number of carbonyl (C=O) groups is 2. The number of benzene rings is 2. The maximum absolute atomic E-state index is 13.2. The first-order chi connectivity index (χ1) is 12.8. The lowest BCUT2D eigenvalue weighted by Gasteiger charge is -2.15.